The average Bonchev–Trinajstić information content (AvgIpc) is 2.60. The number of carboxylic acids is 1. The third kappa shape index (κ3) is 10.4. The molecule has 0 spiro atoms. The van der Waals surface area contributed by atoms with E-state index < -0.39 is 60.9 Å². The van der Waals surface area contributed by atoms with Crippen LogP contribution in [-0.2, 0) is 24.0 Å². The normalized spacial score (nSPS) is 13.9. The first-order valence-corrected chi connectivity index (χ1v) is 8.72. The van der Waals surface area contributed by atoms with Gasteiger partial charge in [0, 0.05) is 6.42 Å². The van der Waals surface area contributed by atoms with Gasteiger partial charge in [-0.2, -0.15) is 0 Å². The van der Waals surface area contributed by atoms with Gasteiger partial charge in [0.05, 0.1) is 13.2 Å². The van der Waals surface area contributed by atoms with Gasteiger partial charge in [-0.25, -0.2) is 4.79 Å². The summed E-state index contributed by atoms with van der Waals surface area (Å²) >= 11 is 0. The summed E-state index contributed by atoms with van der Waals surface area (Å²) in [7, 11) is 0. The number of hydrogen-bond acceptors (Lipinski definition) is 7. The Morgan fingerprint density at radius 1 is 1.00 bits per heavy atom. The first-order chi connectivity index (χ1) is 13.0. The Morgan fingerprint density at radius 2 is 1.61 bits per heavy atom. The average molecular weight is 403 g/mol. The van der Waals surface area contributed by atoms with Crippen LogP contribution in [0, 0.1) is 5.92 Å². The van der Waals surface area contributed by atoms with E-state index in [4.69, 9.17) is 21.7 Å². The highest BCUT2D eigenvalue weighted by atomic mass is 16.4. The summed E-state index contributed by atoms with van der Waals surface area (Å²) in [4.78, 5) is 58.0. The largest absolute Gasteiger partial charge is 0.480 e. The van der Waals surface area contributed by atoms with E-state index in [0.29, 0.717) is 0 Å². The molecule has 9 N–H and O–H groups in total. The van der Waals surface area contributed by atoms with Gasteiger partial charge in [0.2, 0.25) is 23.6 Å². The highest BCUT2D eigenvalue weighted by molar-refractivity contribution is 5.92. The monoisotopic (exact) mass is 403 g/mol. The second-order valence-electron chi connectivity index (χ2n) is 6.66. The summed E-state index contributed by atoms with van der Waals surface area (Å²) in [5.74, 6) is -4.22. The third-order valence-electron chi connectivity index (χ3n) is 3.61. The molecule has 3 atom stereocenters. The molecule has 0 rings (SSSR count). The zero-order valence-electron chi connectivity index (χ0n) is 15.9. The van der Waals surface area contributed by atoms with Crippen LogP contribution >= 0.6 is 0 Å². The second kappa shape index (κ2) is 12.6. The summed E-state index contributed by atoms with van der Waals surface area (Å²) in [5.41, 5.74) is 10.3. The van der Waals surface area contributed by atoms with Gasteiger partial charge < -0.3 is 37.6 Å². The van der Waals surface area contributed by atoms with Gasteiger partial charge in [-0.3, -0.25) is 19.2 Å². The zero-order chi connectivity index (χ0) is 21.9. The number of aliphatic carboxylic acids is 1. The van der Waals surface area contributed by atoms with Crippen LogP contribution in [0.4, 0.5) is 0 Å². The molecule has 0 aliphatic carbocycles. The minimum Gasteiger partial charge on any atom is -0.480 e. The fourth-order valence-electron chi connectivity index (χ4n) is 2.15. The van der Waals surface area contributed by atoms with Crippen molar-refractivity contribution in [1.82, 2.24) is 16.0 Å². The molecule has 0 aromatic heterocycles. The van der Waals surface area contributed by atoms with Gasteiger partial charge in [-0.1, -0.05) is 13.8 Å². The van der Waals surface area contributed by atoms with Crippen molar-refractivity contribution in [2.75, 3.05) is 13.2 Å². The molecule has 0 fully saturated rings. The minimum absolute atomic E-state index is 0.0117. The molecule has 0 aromatic carbocycles. The number of aliphatic hydroxyl groups excluding tert-OH is 1. The molecule has 0 aliphatic heterocycles. The second-order valence-corrected chi connectivity index (χ2v) is 6.66. The SMILES string of the molecule is CC(C)CC(NC(=O)CNC(=O)C(N)CO)C(=O)NC(CCC(N)=O)C(=O)O. The predicted octanol–water partition coefficient (Wildman–Crippen LogP) is -3.21. The van der Waals surface area contributed by atoms with Crippen molar-refractivity contribution < 1.29 is 34.2 Å². The number of hydrogen-bond donors (Lipinski definition) is 7. The van der Waals surface area contributed by atoms with Crippen molar-refractivity contribution in [3.8, 4) is 0 Å². The smallest absolute Gasteiger partial charge is 0.326 e. The van der Waals surface area contributed by atoms with Crippen molar-refractivity contribution in [2.24, 2.45) is 17.4 Å². The number of aliphatic hydroxyl groups is 1. The summed E-state index contributed by atoms with van der Waals surface area (Å²) in [6.45, 7) is 2.54. The number of carboxylic acid groups (broad SMARTS) is 1. The molecule has 0 heterocycles. The van der Waals surface area contributed by atoms with Gasteiger partial charge in [0.25, 0.3) is 0 Å². The van der Waals surface area contributed by atoms with E-state index in [-0.39, 0.29) is 25.2 Å². The lowest BCUT2D eigenvalue weighted by molar-refractivity contribution is -0.142. The highest BCUT2D eigenvalue weighted by Gasteiger charge is 2.27. The Bertz CT molecular complexity index is 582. The summed E-state index contributed by atoms with van der Waals surface area (Å²) in [5, 5.41) is 24.8. The zero-order valence-corrected chi connectivity index (χ0v) is 15.9. The number of rotatable bonds is 13. The van der Waals surface area contributed by atoms with E-state index >= 15 is 0 Å². The van der Waals surface area contributed by atoms with E-state index in [1.54, 1.807) is 13.8 Å². The molecule has 0 saturated heterocycles. The molecular formula is C16H29N5O7. The topological polar surface area (TPSA) is 214 Å². The van der Waals surface area contributed by atoms with Gasteiger partial charge in [0.15, 0.2) is 0 Å². The lowest BCUT2D eigenvalue weighted by atomic mass is 10.0. The molecule has 0 saturated carbocycles. The molecule has 0 bridgehead atoms. The van der Waals surface area contributed by atoms with Crippen LogP contribution in [0.15, 0.2) is 0 Å². The molecule has 0 aromatic rings. The Hall–Kier alpha value is -2.73. The maximum Gasteiger partial charge on any atom is 0.326 e. The molecular weight excluding hydrogens is 374 g/mol. The molecule has 160 valence electrons. The van der Waals surface area contributed by atoms with Crippen LogP contribution in [-0.4, -0.2) is 71.1 Å². The minimum atomic E-state index is -1.34. The lowest BCUT2D eigenvalue weighted by Gasteiger charge is -2.23. The molecule has 0 radical (unpaired) electrons. The molecule has 0 aliphatic rings. The summed E-state index contributed by atoms with van der Waals surface area (Å²) in [6.07, 6.45) is -0.201. The Balaban J connectivity index is 4.91. The quantitative estimate of drug-likeness (QED) is 0.166. The summed E-state index contributed by atoms with van der Waals surface area (Å²) in [6, 6.07) is -3.57. The van der Waals surface area contributed by atoms with Crippen molar-refractivity contribution in [3.63, 3.8) is 0 Å². The van der Waals surface area contributed by atoms with Crippen LogP contribution in [0.5, 0.6) is 0 Å². The Labute approximate surface area is 162 Å². The van der Waals surface area contributed by atoms with Gasteiger partial charge in [-0.15, -0.1) is 0 Å². The fourth-order valence-corrected chi connectivity index (χ4v) is 2.15. The number of nitrogens with one attached hydrogen (secondary N) is 3. The number of carbonyl (C=O) groups excluding carboxylic acids is 4. The molecule has 28 heavy (non-hydrogen) atoms. The lowest BCUT2D eigenvalue weighted by Crippen LogP contribution is -2.54. The van der Waals surface area contributed by atoms with Crippen molar-refractivity contribution in [1.29, 1.82) is 0 Å². The van der Waals surface area contributed by atoms with Crippen LogP contribution in [0.25, 0.3) is 0 Å². The molecule has 12 heteroatoms. The van der Waals surface area contributed by atoms with E-state index in [1.807, 2.05) is 0 Å². The van der Waals surface area contributed by atoms with Crippen molar-refractivity contribution in [3.05, 3.63) is 0 Å². The van der Waals surface area contributed by atoms with E-state index in [1.165, 1.54) is 0 Å². The van der Waals surface area contributed by atoms with Crippen LogP contribution < -0.4 is 27.4 Å². The highest BCUT2D eigenvalue weighted by Crippen LogP contribution is 2.06. The van der Waals surface area contributed by atoms with Crippen LogP contribution in [0.3, 0.4) is 0 Å². The van der Waals surface area contributed by atoms with Gasteiger partial charge >= 0.3 is 5.97 Å². The number of nitrogens with two attached hydrogens (primary N) is 2. The van der Waals surface area contributed by atoms with Gasteiger partial charge in [-0.05, 0) is 18.8 Å². The third-order valence-corrected chi connectivity index (χ3v) is 3.61. The van der Waals surface area contributed by atoms with E-state index in [0.717, 1.165) is 0 Å². The van der Waals surface area contributed by atoms with Crippen LogP contribution in [0.2, 0.25) is 0 Å². The van der Waals surface area contributed by atoms with Gasteiger partial charge in [0.1, 0.15) is 18.1 Å². The first kappa shape index (κ1) is 25.3. The molecule has 4 amide bonds. The van der Waals surface area contributed by atoms with Crippen LogP contribution in [0.1, 0.15) is 33.1 Å². The van der Waals surface area contributed by atoms with Crippen molar-refractivity contribution >= 4 is 29.6 Å². The Kier molecular flexibility index (Phi) is 11.4. The summed E-state index contributed by atoms with van der Waals surface area (Å²) < 4.78 is 0. The Morgan fingerprint density at radius 3 is 2.07 bits per heavy atom. The standard InChI is InChI=1S/C16H29N5O7/c1-8(2)5-11(20-13(24)6-19-14(25)9(17)7-22)15(26)21-10(16(27)28)3-4-12(18)23/h8-11,22H,3-7,17H2,1-2H3,(H2,18,23)(H,19,25)(H,20,24)(H,21,26)(H,27,28). The fraction of sp³-hybridized carbons (Fsp3) is 0.688. The maximum atomic E-state index is 12.4. The molecule has 12 nitrogen and oxygen atoms in total. The number of amides is 4. The first-order valence-electron chi connectivity index (χ1n) is 8.72. The number of primary amides is 1. The van der Waals surface area contributed by atoms with E-state index in [2.05, 4.69) is 16.0 Å². The predicted molar refractivity (Wildman–Crippen MR) is 97.5 cm³/mol. The molecule has 3 unspecified atom stereocenters. The van der Waals surface area contributed by atoms with Crippen molar-refractivity contribution in [2.45, 2.75) is 51.2 Å². The van der Waals surface area contributed by atoms with E-state index in [9.17, 15) is 24.0 Å². The number of carbonyl (C=O) groups is 5. The maximum absolute atomic E-state index is 12.4.